The molecule has 0 saturated heterocycles. The summed E-state index contributed by atoms with van der Waals surface area (Å²) in [6, 6.07) is 10.3. The van der Waals surface area contributed by atoms with Gasteiger partial charge in [-0.1, -0.05) is 112 Å². The SMILES string of the molecule is CCCCCCCCCCCCCCON(c1ccccc1)C(C)Br. The third-order valence-corrected chi connectivity index (χ3v) is 4.93. The molecule has 1 aromatic carbocycles. The fourth-order valence-electron chi connectivity index (χ4n) is 3.06. The van der Waals surface area contributed by atoms with E-state index < -0.39 is 0 Å². The van der Waals surface area contributed by atoms with Crippen molar-refractivity contribution in [2.24, 2.45) is 0 Å². The molecule has 3 heteroatoms. The topological polar surface area (TPSA) is 12.5 Å². The Kier molecular flexibility index (Phi) is 14.1. The van der Waals surface area contributed by atoms with Crippen LogP contribution in [0.5, 0.6) is 0 Å². The molecule has 144 valence electrons. The number of hydrogen-bond acceptors (Lipinski definition) is 2. The number of benzene rings is 1. The molecule has 2 nitrogen and oxygen atoms in total. The summed E-state index contributed by atoms with van der Waals surface area (Å²) in [5.74, 6) is 0. The second-order valence-corrected chi connectivity index (χ2v) is 8.28. The average Bonchev–Trinajstić information content (AvgIpc) is 2.62. The van der Waals surface area contributed by atoms with Crippen molar-refractivity contribution in [2.75, 3.05) is 11.7 Å². The fourth-order valence-corrected chi connectivity index (χ4v) is 3.42. The highest BCUT2D eigenvalue weighted by Crippen LogP contribution is 2.20. The maximum Gasteiger partial charge on any atom is 0.108 e. The number of unbranched alkanes of at least 4 members (excludes halogenated alkanes) is 11. The molecule has 0 radical (unpaired) electrons. The van der Waals surface area contributed by atoms with E-state index in [-0.39, 0.29) is 4.95 Å². The Morgan fingerprint density at radius 3 is 1.76 bits per heavy atom. The van der Waals surface area contributed by atoms with Gasteiger partial charge in [-0.25, -0.2) is 5.06 Å². The van der Waals surface area contributed by atoms with E-state index in [0.717, 1.165) is 18.7 Å². The quantitative estimate of drug-likeness (QED) is 0.119. The van der Waals surface area contributed by atoms with Gasteiger partial charge >= 0.3 is 0 Å². The van der Waals surface area contributed by atoms with Crippen LogP contribution in [0.25, 0.3) is 0 Å². The van der Waals surface area contributed by atoms with Crippen molar-refractivity contribution in [3.05, 3.63) is 30.3 Å². The molecule has 0 fully saturated rings. The van der Waals surface area contributed by atoms with Gasteiger partial charge in [0.15, 0.2) is 0 Å². The van der Waals surface area contributed by atoms with Gasteiger partial charge in [-0.05, 0) is 25.5 Å². The summed E-state index contributed by atoms with van der Waals surface area (Å²) in [4.78, 5) is 6.14. The maximum absolute atomic E-state index is 5.97. The normalized spacial score (nSPS) is 12.3. The van der Waals surface area contributed by atoms with E-state index in [1.54, 1.807) is 0 Å². The molecule has 0 aliphatic heterocycles. The van der Waals surface area contributed by atoms with Gasteiger partial charge < -0.3 is 0 Å². The van der Waals surface area contributed by atoms with E-state index in [0.29, 0.717) is 0 Å². The number of anilines is 1. The van der Waals surface area contributed by atoms with Crippen LogP contribution in [0.3, 0.4) is 0 Å². The molecular weight excluding hydrogens is 374 g/mol. The van der Waals surface area contributed by atoms with Crippen molar-refractivity contribution >= 4 is 21.6 Å². The molecule has 1 rings (SSSR count). The third-order valence-electron chi connectivity index (χ3n) is 4.56. The molecule has 0 spiro atoms. The Balaban J connectivity index is 1.95. The first kappa shape index (κ1) is 22.5. The van der Waals surface area contributed by atoms with Gasteiger partial charge in [0.25, 0.3) is 0 Å². The molecule has 0 aliphatic carbocycles. The number of alkyl halides is 1. The summed E-state index contributed by atoms with van der Waals surface area (Å²) < 4.78 is 0. The lowest BCUT2D eigenvalue weighted by Crippen LogP contribution is -2.29. The Labute approximate surface area is 164 Å². The Bertz CT molecular complexity index is 396. The fraction of sp³-hybridized carbons (Fsp3) is 0.727. The predicted octanol–water partition coefficient (Wildman–Crippen LogP) is 7.87. The summed E-state index contributed by atoms with van der Waals surface area (Å²) in [6.45, 7) is 5.17. The lowest BCUT2D eigenvalue weighted by atomic mass is 10.1. The lowest BCUT2D eigenvalue weighted by Gasteiger charge is -2.26. The van der Waals surface area contributed by atoms with Crippen LogP contribution in [0.1, 0.15) is 90.9 Å². The first-order chi connectivity index (χ1) is 12.3. The molecule has 0 bridgehead atoms. The van der Waals surface area contributed by atoms with Gasteiger partial charge in [0.2, 0.25) is 0 Å². The molecule has 1 unspecified atom stereocenters. The van der Waals surface area contributed by atoms with Gasteiger partial charge in [-0.2, -0.15) is 0 Å². The zero-order valence-corrected chi connectivity index (χ0v) is 18.0. The van der Waals surface area contributed by atoms with E-state index in [1.807, 2.05) is 23.3 Å². The van der Waals surface area contributed by atoms with E-state index in [9.17, 15) is 0 Å². The van der Waals surface area contributed by atoms with Crippen LogP contribution in [0.2, 0.25) is 0 Å². The number of hydrogen-bond donors (Lipinski definition) is 0. The summed E-state index contributed by atoms with van der Waals surface area (Å²) in [7, 11) is 0. The van der Waals surface area contributed by atoms with Gasteiger partial charge in [0.05, 0.1) is 12.3 Å². The minimum absolute atomic E-state index is 0.173. The molecule has 25 heavy (non-hydrogen) atoms. The monoisotopic (exact) mass is 411 g/mol. The van der Waals surface area contributed by atoms with Gasteiger partial charge in [-0.15, -0.1) is 0 Å². The van der Waals surface area contributed by atoms with Gasteiger partial charge in [0.1, 0.15) is 4.95 Å². The van der Waals surface area contributed by atoms with Crippen LogP contribution in [-0.4, -0.2) is 11.6 Å². The van der Waals surface area contributed by atoms with E-state index in [4.69, 9.17) is 4.84 Å². The molecule has 0 aromatic heterocycles. The largest absolute Gasteiger partial charge is 0.272 e. The second kappa shape index (κ2) is 15.7. The molecule has 0 N–H and O–H groups in total. The minimum Gasteiger partial charge on any atom is -0.272 e. The van der Waals surface area contributed by atoms with Crippen LogP contribution in [0, 0.1) is 0 Å². The molecule has 0 heterocycles. The highest BCUT2D eigenvalue weighted by molar-refractivity contribution is 9.09. The van der Waals surface area contributed by atoms with E-state index >= 15 is 0 Å². The van der Waals surface area contributed by atoms with Crippen molar-refractivity contribution < 1.29 is 4.84 Å². The summed E-state index contributed by atoms with van der Waals surface area (Å²) >= 11 is 3.62. The summed E-state index contributed by atoms with van der Waals surface area (Å²) in [5.41, 5.74) is 1.10. The lowest BCUT2D eigenvalue weighted by molar-refractivity contribution is 0.102. The Hall–Kier alpha value is -0.540. The van der Waals surface area contributed by atoms with Crippen molar-refractivity contribution in [2.45, 2.75) is 95.8 Å². The van der Waals surface area contributed by atoms with Gasteiger partial charge in [-0.3, -0.25) is 4.84 Å². The zero-order valence-electron chi connectivity index (χ0n) is 16.4. The summed E-state index contributed by atoms with van der Waals surface area (Å²) in [5, 5.41) is 1.96. The molecule has 1 aromatic rings. The van der Waals surface area contributed by atoms with Crippen LogP contribution >= 0.6 is 15.9 Å². The molecule has 0 saturated carbocycles. The third kappa shape index (κ3) is 11.6. The highest BCUT2D eigenvalue weighted by Gasteiger charge is 2.11. The van der Waals surface area contributed by atoms with Crippen molar-refractivity contribution in [3.8, 4) is 0 Å². The van der Waals surface area contributed by atoms with Crippen molar-refractivity contribution in [1.82, 2.24) is 0 Å². The maximum atomic E-state index is 5.97. The van der Waals surface area contributed by atoms with Crippen LogP contribution < -0.4 is 5.06 Å². The zero-order chi connectivity index (χ0) is 18.2. The summed E-state index contributed by atoms with van der Waals surface area (Å²) in [6.07, 6.45) is 16.5. The van der Waals surface area contributed by atoms with Crippen LogP contribution in [-0.2, 0) is 4.84 Å². The average molecular weight is 412 g/mol. The molecule has 0 amide bonds. The standard InChI is InChI=1S/C22H38BrNO/c1-3-4-5-6-7-8-9-10-11-12-13-17-20-25-24(21(2)23)22-18-15-14-16-19-22/h14-16,18-19,21H,3-13,17,20H2,1-2H3. The van der Waals surface area contributed by atoms with Crippen molar-refractivity contribution in [1.29, 1.82) is 0 Å². The Morgan fingerprint density at radius 1 is 0.800 bits per heavy atom. The minimum atomic E-state index is 0.173. The smallest absolute Gasteiger partial charge is 0.108 e. The number of para-hydroxylation sites is 1. The number of hydroxylamine groups is 1. The highest BCUT2D eigenvalue weighted by atomic mass is 79.9. The number of halogens is 1. The number of rotatable bonds is 16. The van der Waals surface area contributed by atoms with E-state index in [1.165, 1.54) is 70.6 Å². The first-order valence-corrected chi connectivity index (χ1v) is 11.3. The van der Waals surface area contributed by atoms with Crippen molar-refractivity contribution in [3.63, 3.8) is 0 Å². The number of nitrogens with zero attached hydrogens (tertiary/aromatic N) is 1. The van der Waals surface area contributed by atoms with E-state index in [2.05, 4.69) is 41.9 Å². The second-order valence-electron chi connectivity index (χ2n) is 6.96. The Morgan fingerprint density at radius 2 is 1.28 bits per heavy atom. The van der Waals surface area contributed by atoms with Gasteiger partial charge in [0, 0.05) is 0 Å². The molecular formula is C22H38BrNO. The first-order valence-electron chi connectivity index (χ1n) is 10.4. The molecule has 0 aliphatic rings. The van der Waals surface area contributed by atoms with Crippen LogP contribution in [0.15, 0.2) is 30.3 Å². The molecule has 1 atom stereocenters. The predicted molar refractivity (Wildman–Crippen MR) is 114 cm³/mol. The van der Waals surface area contributed by atoms with Crippen LogP contribution in [0.4, 0.5) is 5.69 Å².